The second-order valence-electron chi connectivity index (χ2n) is 5.03. The summed E-state index contributed by atoms with van der Waals surface area (Å²) in [6.07, 6.45) is 0. The Bertz CT molecular complexity index is 990. The molecule has 1 aromatic heterocycles. The van der Waals surface area contributed by atoms with Crippen molar-refractivity contribution in [2.75, 3.05) is 14.2 Å². The highest BCUT2D eigenvalue weighted by Gasteiger charge is 2.18. The van der Waals surface area contributed by atoms with Crippen LogP contribution in [-0.2, 0) is 0 Å². The third kappa shape index (κ3) is 2.92. The lowest BCUT2D eigenvalue weighted by Gasteiger charge is -2.09. The van der Waals surface area contributed by atoms with Crippen LogP contribution in [0.15, 0.2) is 56.1 Å². The highest BCUT2D eigenvalue weighted by molar-refractivity contribution is 9.10. The van der Waals surface area contributed by atoms with Gasteiger partial charge in [-0.05, 0) is 42.5 Å². The molecule has 0 aliphatic heterocycles. The SMILES string of the molecule is COc1ccc(C(=O)c2cc3cc(Br)ccc3oc2=O)cc1OC. The lowest BCUT2D eigenvalue weighted by molar-refractivity contribution is 0.103. The summed E-state index contributed by atoms with van der Waals surface area (Å²) in [6.45, 7) is 0. The Hall–Kier alpha value is -2.60. The van der Waals surface area contributed by atoms with E-state index in [-0.39, 0.29) is 5.56 Å². The number of hydrogen-bond acceptors (Lipinski definition) is 5. The van der Waals surface area contributed by atoms with Gasteiger partial charge in [0.05, 0.1) is 14.2 Å². The predicted octanol–water partition coefficient (Wildman–Crippen LogP) is 3.80. The molecule has 0 spiro atoms. The van der Waals surface area contributed by atoms with Crippen molar-refractivity contribution in [3.8, 4) is 11.5 Å². The summed E-state index contributed by atoms with van der Waals surface area (Å²) in [4.78, 5) is 24.9. The van der Waals surface area contributed by atoms with Gasteiger partial charge in [0.25, 0.3) is 0 Å². The number of carbonyl (C=O) groups excluding carboxylic acids is 1. The van der Waals surface area contributed by atoms with Crippen LogP contribution in [0, 0.1) is 0 Å². The highest BCUT2D eigenvalue weighted by atomic mass is 79.9. The van der Waals surface area contributed by atoms with Crippen LogP contribution in [0.3, 0.4) is 0 Å². The van der Waals surface area contributed by atoms with Gasteiger partial charge in [-0.25, -0.2) is 4.79 Å². The molecule has 5 nitrogen and oxygen atoms in total. The summed E-state index contributed by atoms with van der Waals surface area (Å²) >= 11 is 3.36. The number of ether oxygens (including phenoxy) is 2. The first-order valence-corrected chi connectivity index (χ1v) is 7.83. The van der Waals surface area contributed by atoms with Crippen LogP contribution in [0.2, 0.25) is 0 Å². The van der Waals surface area contributed by atoms with Gasteiger partial charge in [-0.3, -0.25) is 4.79 Å². The van der Waals surface area contributed by atoms with Crippen LogP contribution in [0.1, 0.15) is 15.9 Å². The lowest BCUT2D eigenvalue weighted by atomic mass is 10.0. The van der Waals surface area contributed by atoms with E-state index >= 15 is 0 Å². The van der Waals surface area contributed by atoms with Gasteiger partial charge < -0.3 is 13.9 Å². The fraction of sp³-hybridized carbons (Fsp3) is 0.111. The molecule has 24 heavy (non-hydrogen) atoms. The first kappa shape index (κ1) is 16.3. The molecule has 0 aliphatic carbocycles. The van der Waals surface area contributed by atoms with Gasteiger partial charge in [0.15, 0.2) is 11.5 Å². The number of halogens is 1. The molecule has 1 heterocycles. The normalized spacial score (nSPS) is 10.6. The largest absolute Gasteiger partial charge is 0.493 e. The summed E-state index contributed by atoms with van der Waals surface area (Å²) in [5.74, 6) is 0.478. The van der Waals surface area contributed by atoms with Gasteiger partial charge in [0.2, 0.25) is 5.78 Å². The molecule has 0 bridgehead atoms. The molecular formula is C18H13BrO5. The van der Waals surface area contributed by atoms with Gasteiger partial charge in [0.1, 0.15) is 11.1 Å². The molecule has 0 radical (unpaired) electrons. The third-order valence-corrected chi connectivity index (χ3v) is 4.08. The average molecular weight is 389 g/mol. The number of methoxy groups -OCH3 is 2. The van der Waals surface area contributed by atoms with E-state index < -0.39 is 11.4 Å². The molecule has 3 aromatic rings. The van der Waals surface area contributed by atoms with Crippen LogP contribution >= 0.6 is 15.9 Å². The van der Waals surface area contributed by atoms with Crippen molar-refractivity contribution in [2.45, 2.75) is 0 Å². The molecule has 0 aliphatic rings. The van der Waals surface area contributed by atoms with Gasteiger partial charge in [-0.2, -0.15) is 0 Å². The Morgan fingerprint density at radius 1 is 1.00 bits per heavy atom. The maximum Gasteiger partial charge on any atom is 0.347 e. The quantitative estimate of drug-likeness (QED) is 0.502. The number of carbonyl (C=O) groups is 1. The molecule has 2 aromatic carbocycles. The Morgan fingerprint density at radius 3 is 2.46 bits per heavy atom. The zero-order valence-corrected chi connectivity index (χ0v) is 14.5. The fourth-order valence-electron chi connectivity index (χ4n) is 2.39. The maximum atomic E-state index is 12.7. The number of fused-ring (bicyclic) bond motifs is 1. The van der Waals surface area contributed by atoms with E-state index in [0.717, 1.165) is 4.47 Å². The third-order valence-electron chi connectivity index (χ3n) is 3.58. The zero-order chi connectivity index (χ0) is 17.3. The maximum absolute atomic E-state index is 12.7. The standard InChI is InChI=1S/C18H13BrO5/c1-22-15-5-3-10(9-16(15)23-2)17(20)13-8-11-7-12(19)4-6-14(11)24-18(13)21/h3-9H,1-2H3. The van der Waals surface area contributed by atoms with Crippen molar-refractivity contribution in [2.24, 2.45) is 0 Å². The van der Waals surface area contributed by atoms with Crippen LogP contribution in [0.5, 0.6) is 11.5 Å². The average Bonchev–Trinajstić information content (AvgIpc) is 2.60. The summed E-state index contributed by atoms with van der Waals surface area (Å²) < 4.78 is 16.4. The predicted molar refractivity (Wildman–Crippen MR) is 93.2 cm³/mol. The molecule has 0 N–H and O–H groups in total. The number of ketones is 1. The minimum atomic E-state index is -0.676. The highest BCUT2D eigenvalue weighted by Crippen LogP contribution is 2.28. The van der Waals surface area contributed by atoms with Crippen LogP contribution in [0.25, 0.3) is 11.0 Å². The van der Waals surface area contributed by atoms with Crippen molar-refractivity contribution in [3.63, 3.8) is 0 Å². The summed E-state index contributed by atoms with van der Waals surface area (Å²) in [6, 6.07) is 11.5. The Kier molecular flexibility index (Phi) is 4.40. The van der Waals surface area contributed by atoms with E-state index in [0.29, 0.717) is 28.0 Å². The number of rotatable bonds is 4. The molecule has 0 amide bonds. The Labute approximate surface area is 145 Å². The van der Waals surface area contributed by atoms with Crippen LogP contribution in [0.4, 0.5) is 0 Å². The van der Waals surface area contributed by atoms with Crippen LogP contribution in [-0.4, -0.2) is 20.0 Å². The Morgan fingerprint density at radius 2 is 1.75 bits per heavy atom. The van der Waals surface area contributed by atoms with Crippen molar-refractivity contribution >= 4 is 32.7 Å². The molecule has 6 heteroatoms. The van der Waals surface area contributed by atoms with E-state index in [9.17, 15) is 9.59 Å². The monoisotopic (exact) mass is 388 g/mol. The smallest absolute Gasteiger partial charge is 0.347 e. The number of benzene rings is 2. The molecule has 0 unspecified atom stereocenters. The van der Waals surface area contributed by atoms with E-state index in [2.05, 4.69) is 15.9 Å². The minimum Gasteiger partial charge on any atom is -0.493 e. The summed E-state index contributed by atoms with van der Waals surface area (Å²) in [5, 5.41) is 0.660. The van der Waals surface area contributed by atoms with E-state index in [1.165, 1.54) is 26.4 Å². The molecule has 0 saturated heterocycles. The number of hydrogen-bond donors (Lipinski definition) is 0. The van der Waals surface area contributed by atoms with Gasteiger partial charge in [0, 0.05) is 15.4 Å². The summed E-state index contributed by atoms with van der Waals surface area (Å²) in [7, 11) is 2.99. The molecule has 0 saturated carbocycles. The molecule has 0 atom stereocenters. The molecular weight excluding hydrogens is 376 g/mol. The first-order chi connectivity index (χ1) is 11.5. The first-order valence-electron chi connectivity index (χ1n) is 7.03. The van der Waals surface area contributed by atoms with E-state index in [4.69, 9.17) is 13.9 Å². The van der Waals surface area contributed by atoms with Gasteiger partial charge >= 0.3 is 5.63 Å². The van der Waals surface area contributed by atoms with Crippen molar-refractivity contribution in [1.82, 2.24) is 0 Å². The minimum absolute atomic E-state index is 0.0344. The summed E-state index contributed by atoms with van der Waals surface area (Å²) in [5.41, 5.74) is 0.0267. The van der Waals surface area contributed by atoms with Crippen molar-refractivity contribution in [1.29, 1.82) is 0 Å². The fourth-order valence-corrected chi connectivity index (χ4v) is 2.76. The van der Waals surface area contributed by atoms with Crippen LogP contribution < -0.4 is 15.1 Å². The lowest BCUT2D eigenvalue weighted by Crippen LogP contribution is -2.14. The zero-order valence-electron chi connectivity index (χ0n) is 13.0. The Balaban J connectivity index is 2.11. The van der Waals surface area contributed by atoms with Gasteiger partial charge in [-0.15, -0.1) is 0 Å². The molecule has 122 valence electrons. The molecule has 3 rings (SSSR count). The molecule has 0 fully saturated rings. The van der Waals surface area contributed by atoms with E-state index in [1.807, 2.05) is 0 Å². The topological polar surface area (TPSA) is 65.7 Å². The van der Waals surface area contributed by atoms with Crippen molar-refractivity contribution in [3.05, 3.63) is 68.5 Å². The second kappa shape index (κ2) is 6.49. The van der Waals surface area contributed by atoms with Crippen molar-refractivity contribution < 1.29 is 18.7 Å². The van der Waals surface area contributed by atoms with Gasteiger partial charge in [-0.1, -0.05) is 15.9 Å². The second-order valence-corrected chi connectivity index (χ2v) is 5.94. The van der Waals surface area contributed by atoms with E-state index in [1.54, 1.807) is 30.3 Å².